The molecular formula is C13H13FN6O2S. The van der Waals surface area contributed by atoms with Crippen molar-refractivity contribution >= 4 is 16.0 Å². The van der Waals surface area contributed by atoms with Crippen molar-refractivity contribution in [3.63, 3.8) is 0 Å². The molecule has 0 aliphatic rings. The Labute approximate surface area is 131 Å². The average Bonchev–Trinajstić information content (AvgIpc) is 3.11. The van der Waals surface area contributed by atoms with Gasteiger partial charge in [0.05, 0.1) is 12.7 Å². The van der Waals surface area contributed by atoms with Gasteiger partial charge in [0.25, 0.3) is 16.0 Å². The van der Waals surface area contributed by atoms with Crippen LogP contribution in [0.5, 0.6) is 0 Å². The zero-order valence-electron chi connectivity index (χ0n) is 12.1. The third-order valence-corrected chi connectivity index (χ3v) is 4.33. The highest BCUT2D eigenvalue weighted by Crippen LogP contribution is 2.12. The molecular weight excluding hydrogens is 323 g/mol. The van der Waals surface area contributed by atoms with Gasteiger partial charge in [-0.1, -0.05) is 18.2 Å². The van der Waals surface area contributed by atoms with E-state index in [9.17, 15) is 12.8 Å². The van der Waals surface area contributed by atoms with Gasteiger partial charge in [-0.15, -0.1) is 5.10 Å². The molecule has 0 amide bonds. The number of nitrogens with one attached hydrogen (secondary N) is 1. The molecule has 120 valence electrons. The molecule has 0 bridgehead atoms. The Bertz CT molecular complexity index is 933. The summed E-state index contributed by atoms with van der Waals surface area (Å²) in [6, 6.07) is 6.27. The largest absolute Gasteiger partial charge is 0.274 e. The summed E-state index contributed by atoms with van der Waals surface area (Å²) < 4.78 is 42.8. The van der Waals surface area contributed by atoms with E-state index in [1.165, 1.54) is 34.2 Å². The summed E-state index contributed by atoms with van der Waals surface area (Å²) in [5, 5.41) is 7.79. The Kier molecular flexibility index (Phi) is 3.82. The van der Waals surface area contributed by atoms with Gasteiger partial charge >= 0.3 is 0 Å². The Hall–Kier alpha value is -2.75. The predicted molar refractivity (Wildman–Crippen MR) is 79.5 cm³/mol. The van der Waals surface area contributed by atoms with Crippen LogP contribution in [0.1, 0.15) is 5.56 Å². The zero-order chi connectivity index (χ0) is 16.4. The summed E-state index contributed by atoms with van der Waals surface area (Å²) in [7, 11) is -2.19. The number of anilines is 1. The lowest BCUT2D eigenvalue weighted by Crippen LogP contribution is -2.14. The number of benzene rings is 1. The van der Waals surface area contributed by atoms with Crippen LogP contribution in [-0.2, 0) is 23.6 Å². The van der Waals surface area contributed by atoms with E-state index < -0.39 is 10.0 Å². The van der Waals surface area contributed by atoms with E-state index in [4.69, 9.17) is 0 Å². The molecule has 0 saturated carbocycles. The van der Waals surface area contributed by atoms with Crippen LogP contribution >= 0.6 is 0 Å². The molecule has 1 N–H and O–H groups in total. The normalized spacial score (nSPS) is 11.6. The van der Waals surface area contributed by atoms with Gasteiger partial charge in [0, 0.05) is 18.8 Å². The summed E-state index contributed by atoms with van der Waals surface area (Å²) in [5.41, 5.74) is 0.430. The molecule has 2 heterocycles. The molecule has 8 nitrogen and oxygen atoms in total. The maximum absolute atomic E-state index is 13.6. The second kappa shape index (κ2) is 5.80. The van der Waals surface area contributed by atoms with E-state index in [-0.39, 0.29) is 23.2 Å². The maximum Gasteiger partial charge on any atom is 0.267 e. The number of hydrogen-bond donors (Lipinski definition) is 1. The lowest BCUT2D eigenvalue weighted by atomic mass is 10.2. The second-order valence-electron chi connectivity index (χ2n) is 4.81. The molecule has 0 fully saturated rings. The highest BCUT2D eigenvalue weighted by Gasteiger charge is 2.18. The number of aromatic nitrogens is 5. The van der Waals surface area contributed by atoms with Gasteiger partial charge in [-0.2, -0.15) is 10.1 Å². The molecule has 1 aromatic carbocycles. The molecule has 0 unspecified atom stereocenters. The summed E-state index contributed by atoms with van der Waals surface area (Å²) in [6.07, 6.45) is 3.91. The number of aryl methyl sites for hydroxylation is 1. The SMILES string of the molecule is Cn1cc(S(=O)(=O)Nc2ncn(Cc3ccccc3F)n2)cn1. The fourth-order valence-electron chi connectivity index (χ4n) is 1.94. The monoisotopic (exact) mass is 336 g/mol. The molecule has 23 heavy (non-hydrogen) atoms. The van der Waals surface area contributed by atoms with Crippen molar-refractivity contribution in [2.24, 2.45) is 7.05 Å². The Morgan fingerprint density at radius 2 is 2.09 bits per heavy atom. The van der Waals surface area contributed by atoms with Gasteiger partial charge in [-0.25, -0.2) is 22.2 Å². The Morgan fingerprint density at radius 1 is 1.30 bits per heavy atom. The average molecular weight is 336 g/mol. The van der Waals surface area contributed by atoms with Crippen LogP contribution in [0.3, 0.4) is 0 Å². The molecule has 0 aliphatic carbocycles. The number of nitrogens with zero attached hydrogens (tertiary/aromatic N) is 5. The van der Waals surface area contributed by atoms with Crippen molar-refractivity contribution in [2.75, 3.05) is 4.72 Å². The van der Waals surface area contributed by atoms with E-state index in [0.717, 1.165) is 0 Å². The van der Waals surface area contributed by atoms with E-state index in [1.54, 1.807) is 25.2 Å². The van der Waals surface area contributed by atoms with Gasteiger partial charge in [0.1, 0.15) is 17.0 Å². The molecule has 3 aromatic rings. The molecule has 10 heteroatoms. The minimum atomic E-state index is -3.81. The zero-order valence-corrected chi connectivity index (χ0v) is 12.9. The summed E-state index contributed by atoms with van der Waals surface area (Å²) >= 11 is 0. The van der Waals surface area contributed by atoms with Crippen molar-refractivity contribution in [1.29, 1.82) is 0 Å². The van der Waals surface area contributed by atoms with E-state index in [2.05, 4.69) is 19.9 Å². The first kappa shape index (κ1) is 15.2. The quantitative estimate of drug-likeness (QED) is 0.750. The third-order valence-electron chi connectivity index (χ3n) is 3.04. The first-order valence-electron chi connectivity index (χ1n) is 6.58. The summed E-state index contributed by atoms with van der Waals surface area (Å²) in [4.78, 5) is 3.88. The smallest absolute Gasteiger partial charge is 0.267 e. The minimum Gasteiger partial charge on any atom is -0.274 e. The molecule has 3 rings (SSSR count). The van der Waals surface area contributed by atoms with Crippen molar-refractivity contribution in [3.05, 3.63) is 54.4 Å². The van der Waals surface area contributed by atoms with Crippen LogP contribution in [0, 0.1) is 5.82 Å². The number of sulfonamides is 1. The van der Waals surface area contributed by atoms with Gasteiger partial charge < -0.3 is 0 Å². The van der Waals surface area contributed by atoms with Gasteiger partial charge in [0.15, 0.2) is 0 Å². The fourth-order valence-corrected chi connectivity index (χ4v) is 2.86. The standard InChI is InChI=1S/C13H13FN6O2S/c1-19-8-11(6-16-19)23(21,22)18-13-15-9-20(17-13)7-10-4-2-3-5-12(10)14/h2-6,8-9H,7H2,1H3,(H,17,18). The van der Waals surface area contributed by atoms with Gasteiger partial charge in [-0.3, -0.25) is 4.68 Å². The number of hydrogen-bond acceptors (Lipinski definition) is 5. The predicted octanol–water partition coefficient (Wildman–Crippen LogP) is 1.000. The van der Waals surface area contributed by atoms with E-state index >= 15 is 0 Å². The lowest BCUT2D eigenvalue weighted by Gasteiger charge is -2.03. The van der Waals surface area contributed by atoms with E-state index in [0.29, 0.717) is 5.56 Å². The van der Waals surface area contributed by atoms with Gasteiger partial charge in [-0.05, 0) is 6.07 Å². The topological polar surface area (TPSA) is 94.7 Å². The van der Waals surface area contributed by atoms with Crippen molar-refractivity contribution in [2.45, 2.75) is 11.4 Å². The number of halogens is 1. The lowest BCUT2D eigenvalue weighted by molar-refractivity contribution is 0.584. The van der Waals surface area contributed by atoms with Crippen LogP contribution in [0.15, 0.2) is 47.9 Å². The van der Waals surface area contributed by atoms with E-state index in [1.807, 2.05) is 0 Å². The van der Waals surface area contributed by atoms with Crippen molar-refractivity contribution in [1.82, 2.24) is 24.5 Å². The first-order valence-corrected chi connectivity index (χ1v) is 8.07. The fraction of sp³-hybridized carbons (Fsp3) is 0.154. The van der Waals surface area contributed by atoms with Crippen LogP contribution < -0.4 is 4.72 Å². The second-order valence-corrected chi connectivity index (χ2v) is 6.49. The third kappa shape index (κ3) is 3.37. The number of rotatable bonds is 5. The summed E-state index contributed by atoms with van der Waals surface area (Å²) in [5.74, 6) is -0.453. The maximum atomic E-state index is 13.6. The van der Waals surface area contributed by atoms with Crippen LogP contribution in [0.4, 0.5) is 10.3 Å². The molecule has 0 spiro atoms. The Morgan fingerprint density at radius 3 is 2.78 bits per heavy atom. The molecule has 0 atom stereocenters. The Balaban J connectivity index is 1.76. The van der Waals surface area contributed by atoms with Crippen LogP contribution in [0.2, 0.25) is 0 Å². The molecule has 2 aromatic heterocycles. The summed E-state index contributed by atoms with van der Waals surface area (Å²) in [6.45, 7) is 0.147. The van der Waals surface area contributed by atoms with Gasteiger partial charge in [0.2, 0.25) is 0 Å². The van der Waals surface area contributed by atoms with Crippen LogP contribution in [0.25, 0.3) is 0 Å². The molecule has 0 radical (unpaired) electrons. The first-order chi connectivity index (χ1) is 10.9. The highest BCUT2D eigenvalue weighted by atomic mass is 32.2. The minimum absolute atomic E-state index is 0.00505. The highest BCUT2D eigenvalue weighted by molar-refractivity contribution is 7.92. The van der Waals surface area contributed by atoms with Crippen molar-refractivity contribution < 1.29 is 12.8 Å². The van der Waals surface area contributed by atoms with Crippen LogP contribution in [-0.4, -0.2) is 33.0 Å². The molecule has 0 saturated heterocycles. The van der Waals surface area contributed by atoms with Crippen molar-refractivity contribution in [3.8, 4) is 0 Å². The molecule has 0 aliphatic heterocycles.